The summed E-state index contributed by atoms with van der Waals surface area (Å²) in [6.45, 7) is 1.72. The molecule has 0 aliphatic rings. The molecule has 0 saturated heterocycles. The Labute approximate surface area is 176 Å². The number of hydrogen-bond donors (Lipinski definition) is 2. The monoisotopic (exact) mass is 444 g/mol. The second kappa shape index (κ2) is 7.58. The van der Waals surface area contributed by atoms with Crippen LogP contribution in [0, 0.1) is 18.6 Å². The molecule has 0 unspecified atom stereocenters. The van der Waals surface area contributed by atoms with Crippen molar-refractivity contribution in [3.8, 4) is 0 Å². The van der Waals surface area contributed by atoms with Crippen LogP contribution in [-0.2, 0) is 9.84 Å². The third kappa shape index (κ3) is 3.91. The van der Waals surface area contributed by atoms with E-state index in [0.29, 0.717) is 28.3 Å². The van der Waals surface area contributed by atoms with E-state index in [4.69, 9.17) is 0 Å². The molecule has 0 fully saturated rings. The molecule has 2 aromatic heterocycles. The van der Waals surface area contributed by atoms with Crippen molar-refractivity contribution in [1.82, 2.24) is 20.2 Å². The standard InChI is InChI=1S/C20H18F2N6O2S/c1-11-4-5-12(10-15(11)31(3,29)30)24-20-23-9-8-16(25-20)28(2)19-13-6-7-14(21)17(22)18(13)26-27-19/h4-10H,1-3H3,(H,26,27)(H,23,24,25). The van der Waals surface area contributed by atoms with E-state index in [1.807, 2.05) is 0 Å². The van der Waals surface area contributed by atoms with Crippen LogP contribution in [0.5, 0.6) is 0 Å². The fourth-order valence-electron chi connectivity index (χ4n) is 3.18. The molecule has 11 heteroatoms. The van der Waals surface area contributed by atoms with Gasteiger partial charge >= 0.3 is 0 Å². The Balaban J connectivity index is 1.66. The summed E-state index contributed by atoms with van der Waals surface area (Å²) in [5.74, 6) is -0.953. The molecular weight excluding hydrogens is 426 g/mol. The third-order valence-corrected chi connectivity index (χ3v) is 5.99. The largest absolute Gasteiger partial charge is 0.324 e. The van der Waals surface area contributed by atoms with Gasteiger partial charge in [-0.25, -0.2) is 22.2 Å². The molecule has 0 bridgehead atoms. The number of rotatable bonds is 5. The number of H-pyrrole nitrogens is 1. The van der Waals surface area contributed by atoms with Gasteiger partial charge in [0.25, 0.3) is 0 Å². The minimum Gasteiger partial charge on any atom is -0.324 e. The van der Waals surface area contributed by atoms with Gasteiger partial charge in [0, 0.05) is 30.6 Å². The zero-order chi connectivity index (χ0) is 22.3. The molecule has 0 atom stereocenters. The van der Waals surface area contributed by atoms with E-state index in [9.17, 15) is 17.2 Å². The highest BCUT2D eigenvalue weighted by Crippen LogP contribution is 2.30. The van der Waals surface area contributed by atoms with Crippen LogP contribution in [0.2, 0.25) is 0 Å². The summed E-state index contributed by atoms with van der Waals surface area (Å²) in [5, 5.41) is 9.97. The Kier molecular flexibility index (Phi) is 5.05. The highest BCUT2D eigenvalue weighted by atomic mass is 32.2. The molecule has 0 spiro atoms. The summed E-state index contributed by atoms with van der Waals surface area (Å²) in [4.78, 5) is 10.4. The quantitative estimate of drug-likeness (QED) is 0.482. The number of hydrogen-bond acceptors (Lipinski definition) is 7. The number of benzene rings is 2. The Morgan fingerprint density at radius 2 is 1.90 bits per heavy atom. The molecule has 8 nitrogen and oxygen atoms in total. The first-order chi connectivity index (χ1) is 14.6. The van der Waals surface area contributed by atoms with Gasteiger partial charge in [0.1, 0.15) is 11.3 Å². The van der Waals surface area contributed by atoms with Gasteiger partial charge in [0.15, 0.2) is 27.3 Å². The van der Waals surface area contributed by atoms with Crippen LogP contribution in [0.15, 0.2) is 47.5 Å². The minimum atomic E-state index is -3.39. The van der Waals surface area contributed by atoms with Gasteiger partial charge in [-0.15, -0.1) is 0 Å². The Bertz CT molecular complexity index is 1400. The van der Waals surface area contributed by atoms with Crippen LogP contribution in [0.3, 0.4) is 0 Å². The first-order valence-electron chi connectivity index (χ1n) is 9.12. The zero-order valence-corrected chi connectivity index (χ0v) is 17.6. The normalized spacial score (nSPS) is 11.6. The van der Waals surface area contributed by atoms with Gasteiger partial charge in [-0.2, -0.15) is 10.1 Å². The van der Waals surface area contributed by atoms with Crippen LogP contribution in [-0.4, -0.2) is 41.9 Å². The molecule has 0 aliphatic heterocycles. The first-order valence-corrected chi connectivity index (χ1v) is 11.0. The van der Waals surface area contributed by atoms with Crippen molar-refractivity contribution in [3.63, 3.8) is 0 Å². The van der Waals surface area contributed by atoms with Gasteiger partial charge < -0.3 is 10.2 Å². The number of aromatic amines is 1. The van der Waals surface area contributed by atoms with E-state index in [-0.39, 0.29) is 16.4 Å². The van der Waals surface area contributed by atoms with Crippen molar-refractivity contribution in [3.05, 3.63) is 59.8 Å². The molecule has 0 amide bonds. The van der Waals surface area contributed by atoms with Crippen molar-refractivity contribution >= 4 is 44.0 Å². The van der Waals surface area contributed by atoms with Gasteiger partial charge in [-0.3, -0.25) is 5.10 Å². The van der Waals surface area contributed by atoms with Crippen molar-refractivity contribution in [2.75, 3.05) is 23.5 Å². The van der Waals surface area contributed by atoms with Gasteiger partial charge in [0.05, 0.1) is 4.90 Å². The second-order valence-electron chi connectivity index (χ2n) is 7.01. The molecule has 0 saturated carbocycles. The summed E-state index contributed by atoms with van der Waals surface area (Å²) in [6, 6.07) is 9.03. The van der Waals surface area contributed by atoms with Gasteiger partial charge in [0.2, 0.25) is 5.95 Å². The fraction of sp³-hybridized carbons (Fsp3) is 0.150. The molecule has 0 aliphatic carbocycles. The summed E-state index contributed by atoms with van der Waals surface area (Å²) < 4.78 is 51.4. The SMILES string of the molecule is Cc1ccc(Nc2nccc(N(C)c3n[nH]c4c(F)c(F)ccc34)n2)cc1S(C)(=O)=O. The minimum absolute atomic E-state index is 0.0396. The number of sulfone groups is 1. The summed E-state index contributed by atoms with van der Waals surface area (Å²) in [7, 11) is -1.71. The van der Waals surface area contributed by atoms with E-state index in [1.54, 1.807) is 37.1 Å². The smallest absolute Gasteiger partial charge is 0.229 e. The van der Waals surface area contributed by atoms with E-state index in [2.05, 4.69) is 25.5 Å². The van der Waals surface area contributed by atoms with Crippen LogP contribution in [0.1, 0.15) is 5.56 Å². The van der Waals surface area contributed by atoms with E-state index >= 15 is 0 Å². The van der Waals surface area contributed by atoms with Crippen LogP contribution >= 0.6 is 0 Å². The van der Waals surface area contributed by atoms with Crippen molar-refractivity contribution in [2.24, 2.45) is 0 Å². The maximum atomic E-state index is 14.0. The lowest BCUT2D eigenvalue weighted by Gasteiger charge is -2.16. The number of aromatic nitrogens is 4. The lowest BCUT2D eigenvalue weighted by atomic mass is 10.2. The first kappa shape index (κ1) is 20.7. The molecule has 160 valence electrons. The predicted octanol–water partition coefficient (Wildman–Crippen LogP) is 3.85. The van der Waals surface area contributed by atoms with Crippen LogP contribution < -0.4 is 10.2 Å². The lowest BCUT2D eigenvalue weighted by molar-refractivity contribution is 0.515. The summed E-state index contributed by atoms with van der Waals surface area (Å²) in [6.07, 6.45) is 2.66. The fourth-order valence-corrected chi connectivity index (χ4v) is 4.18. The number of nitrogens with zero attached hydrogens (tertiary/aromatic N) is 4. The second-order valence-corrected chi connectivity index (χ2v) is 8.99. The highest BCUT2D eigenvalue weighted by molar-refractivity contribution is 7.90. The van der Waals surface area contributed by atoms with E-state index < -0.39 is 21.5 Å². The van der Waals surface area contributed by atoms with Crippen molar-refractivity contribution in [1.29, 1.82) is 0 Å². The lowest BCUT2D eigenvalue weighted by Crippen LogP contribution is -2.13. The highest BCUT2D eigenvalue weighted by Gasteiger charge is 2.18. The summed E-state index contributed by atoms with van der Waals surface area (Å²) in [5.41, 5.74) is 1.10. The van der Waals surface area contributed by atoms with Crippen molar-refractivity contribution in [2.45, 2.75) is 11.8 Å². The third-order valence-electron chi connectivity index (χ3n) is 4.76. The maximum absolute atomic E-state index is 14.0. The number of halogens is 2. The molecular formula is C20H18F2N6O2S. The molecule has 0 radical (unpaired) electrons. The average molecular weight is 444 g/mol. The molecule has 2 heterocycles. The van der Waals surface area contributed by atoms with E-state index in [0.717, 1.165) is 12.3 Å². The van der Waals surface area contributed by atoms with Crippen molar-refractivity contribution < 1.29 is 17.2 Å². The Morgan fingerprint density at radius 1 is 1.13 bits per heavy atom. The average Bonchev–Trinajstić information content (AvgIpc) is 3.16. The van der Waals surface area contributed by atoms with Crippen LogP contribution in [0.25, 0.3) is 10.9 Å². The number of nitrogens with one attached hydrogen (secondary N) is 2. The maximum Gasteiger partial charge on any atom is 0.229 e. The zero-order valence-electron chi connectivity index (χ0n) is 16.8. The molecule has 2 aromatic carbocycles. The topological polar surface area (TPSA) is 104 Å². The van der Waals surface area contributed by atoms with E-state index in [1.165, 1.54) is 18.3 Å². The van der Waals surface area contributed by atoms with Gasteiger partial charge in [-0.1, -0.05) is 6.07 Å². The molecule has 4 aromatic rings. The molecule has 2 N–H and O–H groups in total. The Hall–Kier alpha value is -3.60. The van der Waals surface area contributed by atoms with Gasteiger partial charge in [-0.05, 0) is 42.8 Å². The predicted molar refractivity (Wildman–Crippen MR) is 114 cm³/mol. The Morgan fingerprint density at radius 3 is 2.65 bits per heavy atom. The molecule has 31 heavy (non-hydrogen) atoms. The molecule has 4 rings (SSSR count). The number of fused-ring (bicyclic) bond motifs is 1. The number of anilines is 4. The summed E-state index contributed by atoms with van der Waals surface area (Å²) >= 11 is 0. The van der Waals surface area contributed by atoms with Crippen LogP contribution in [0.4, 0.5) is 32.1 Å². The number of aryl methyl sites for hydroxylation is 1.